The number of unbranched alkanes of at least 4 members (excludes halogenated alkanes) is 5. The van der Waals surface area contributed by atoms with E-state index < -0.39 is 22.8 Å². The van der Waals surface area contributed by atoms with Crippen LogP contribution in [0.1, 0.15) is 72.6 Å². The zero-order valence-electron chi connectivity index (χ0n) is 14.6. The van der Waals surface area contributed by atoms with E-state index in [0.29, 0.717) is 6.42 Å². The summed E-state index contributed by atoms with van der Waals surface area (Å²) < 4.78 is 0. The molecule has 0 saturated heterocycles. The van der Waals surface area contributed by atoms with Crippen molar-refractivity contribution < 1.29 is 101 Å². The second-order valence-electron chi connectivity index (χ2n) is 6.25. The van der Waals surface area contributed by atoms with Crippen molar-refractivity contribution in [2.45, 2.75) is 72.6 Å². The van der Waals surface area contributed by atoms with E-state index in [1.54, 1.807) is 20.8 Å². The molecule has 0 unspecified atom stereocenters. The van der Waals surface area contributed by atoms with Crippen LogP contribution in [0.2, 0.25) is 0 Å². The molecule has 0 spiro atoms. The number of carboxylic acid groups (broad SMARTS) is 2. The molecule has 4 nitrogen and oxygen atoms in total. The van der Waals surface area contributed by atoms with Crippen LogP contribution in [0.25, 0.3) is 0 Å². The number of carbonyl (C=O) groups excluding carboxylic acids is 2. The molecule has 0 aromatic carbocycles. The average Bonchev–Trinajstić information content (AvgIpc) is 2.25. The maximum atomic E-state index is 11.3. The first kappa shape index (κ1) is 27.4. The van der Waals surface area contributed by atoms with Gasteiger partial charge in [-0.05, 0) is 11.8 Å². The van der Waals surface area contributed by atoms with Crippen molar-refractivity contribution in [2.24, 2.45) is 10.8 Å². The molecule has 21 heavy (non-hydrogen) atoms. The first-order valence-corrected chi connectivity index (χ1v) is 7.13. The van der Waals surface area contributed by atoms with Gasteiger partial charge in [0.25, 0.3) is 0 Å². The normalized spacial score (nSPS) is 11.2. The number of aliphatic carboxylic acids is 2. The molecule has 0 amide bonds. The first-order chi connectivity index (χ1) is 8.70. The summed E-state index contributed by atoms with van der Waals surface area (Å²) in [5.41, 5.74) is -2.83. The van der Waals surface area contributed by atoms with Gasteiger partial charge in [-0.25, -0.2) is 0 Å². The Morgan fingerprint density at radius 2 is 1.24 bits per heavy atom. The molecule has 0 aromatic heterocycles. The summed E-state index contributed by atoms with van der Waals surface area (Å²) in [6.07, 6.45) is 5.91. The number of carboxylic acids is 2. The molecule has 0 bridgehead atoms. The van der Waals surface area contributed by atoms with E-state index >= 15 is 0 Å². The van der Waals surface area contributed by atoms with Gasteiger partial charge in [0.1, 0.15) is 0 Å². The maximum absolute atomic E-state index is 11.3. The van der Waals surface area contributed by atoms with E-state index in [1.165, 1.54) is 0 Å². The third kappa shape index (κ3) is 8.29. The Hall–Kier alpha value is 1.58. The third-order valence-corrected chi connectivity index (χ3v) is 3.88. The minimum Gasteiger partial charge on any atom is -0.549 e. The minimum absolute atomic E-state index is 0. The average molecular weight is 332 g/mol. The predicted molar refractivity (Wildman–Crippen MR) is 69.9 cm³/mol. The third-order valence-electron chi connectivity index (χ3n) is 3.88. The van der Waals surface area contributed by atoms with Crippen molar-refractivity contribution in [3.8, 4) is 0 Å². The smallest absolute Gasteiger partial charge is 0.549 e. The Bertz CT molecular complexity index is 299. The van der Waals surface area contributed by atoms with Crippen LogP contribution >= 0.6 is 0 Å². The van der Waals surface area contributed by atoms with E-state index in [1.807, 2.05) is 0 Å². The van der Waals surface area contributed by atoms with Crippen LogP contribution in [0.4, 0.5) is 0 Å². The standard InChI is InChI=1S/C15H28O4.K.Na/c1-5-6-7-8-9-10-11-15(12(16)17,13(18)19)14(2,3)4;;/h5-11H2,1-4H3,(H,16,17)(H,18,19);;/q;2*+1/p-2. The molecule has 0 aliphatic rings. The molecule has 0 rings (SSSR count). The molecular formula is C15H26KNaO4. The second-order valence-corrected chi connectivity index (χ2v) is 6.25. The monoisotopic (exact) mass is 332 g/mol. The van der Waals surface area contributed by atoms with Gasteiger partial charge in [0.05, 0.1) is 17.4 Å². The fourth-order valence-electron chi connectivity index (χ4n) is 2.45. The van der Waals surface area contributed by atoms with Gasteiger partial charge < -0.3 is 19.8 Å². The van der Waals surface area contributed by atoms with Crippen LogP contribution in [0, 0.1) is 10.8 Å². The van der Waals surface area contributed by atoms with E-state index in [4.69, 9.17) is 0 Å². The van der Waals surface area contributed by atoms with Crippen LogP contribution in [-0.2, 0) is 9.59 Å². The van der Waals surface area contributed by atoms with Gasteiger partial charge in [0.2, 0.25) is 0 Å². The van der Waals surface area contributed by atoms with Crippen molar-refractivity contribution in [1.82, 2.24) is 0 Å². The van der Waals surface area contributed by atoms with E-state index in [2.05, 4.69) is 6.92 Å². The molecule has 0 saturated carbocycles. The van der Waals surface area contributed by atoms with Gasteiger partial charge in [-0.3, -0.25) is 0 Å². The summed E-state index contributed by atoms with van der Waals surface area (Å²) in [7, 11) is 0. The Kier molecular flexibility index (Phi) is 16.9. The van der Waals surface area contributed by atoms with E-state index in [0.717, 1.165) is 32.1 Å². The van der Waals surface area contributed by atoms with Gasteiger partial charge in [0, 0.05) is 0 Å². The molecule has 0 heterocycles. The molecule has 0 aromatic rings. The fraction of sp³-hybridized carbons (Fsp3) is 0.867. The summed E-state index contributed by atoms with van der Waals surface area (Å²) >= 11 is 0. The molecule has 6 heteroatoms. The van der Waals surface area contributed by atoms with Crippen molar-refractivity contribution in [3.05, 3.63) is 0 Å². The molecule has 0 aliphatic carbocycles. The van der Waals surface area contributed by atoms with Crippen molar-refractivity contribution in [1.29, 1.82) is 0 Å². The number of hydrogen-bond acceptors (Lipinski definition) is 4. The van der Waals surface area contributed by atoms with Gasteiger partial charge in [-0.15, -0.1) is 0 Å². The SMILES string of the molecule is CCCCCCCCC(C(=O)[O-])(C(=O)[O-])C(C)(C)C.[K+].[Na+]. The van der Waals surface area contributed by atoms with Crippen LogP contribution in [0.5, 0.6) is 0 Å². The Labute approximate surface area is 193 Å². The first-order valence-electron chi connectivity index (χ1n) is 7.13. The van der Waals surface area contributed by atoms with Gasteiger partial charge >= 0.3 is 80.9 Å². The van der Waals surface area contributed by atoms with Crippen molar-refractivity contribution in [3.63, 3.8) is 0 Å². The van der Waals surface area contributed by atoms with Crippen molar-refractivity contribution >= 4 is 11.9 Å². The molecule has 0 fully saturated rings. The largest absolute Gasteiger partial charge is 1.00 e. The molecule has 112 valence electrons. The minimum atomic E-state index is -1.91. The van der Waals surface area contributed by atoms with E-state index in [-0.39, 0.29) is 87.4 Å². The number of hydrogen-bond donors (Lipinski definition) is 0. The Balaban J connectivity index is -0.00000162. The van der Waals surface area contributed by atoms with Crippen LogP contribution in [-0.4, -0.2) is 11.9 Å². The van der Waals surface area contributed by atoms with Crippen LogP contribution in [0.3, 0.4) is 0 Å². The summed E-state index contributed by atoms with van der Waals surface area (Å²) in [4.78, 5) is 22.7. The molecule has 0 N–H and O–H groups in total. The quantitative estimate of drug-likeness (QED) is 0.241. The van der Waals surface area contributed by atoms with Gasteiger partial charge in [-0.1, -0.05) is 66.2 Å². The second kappa shape index (κ2) is 12.9. The summed E-state index contributed by atoms with van der Waals surface area (Å²) in [6.45, 7) is 6.94. The predicted octanol–water partition coefficient (Wildman–Crippen LogP) is -4.72. The van der Waals surface area contributed by atoms with Crippen molar-refractivity contribution in [2.75, 3.05) is 0 Å². The topological polar surface area (TPSA) is 80.3 Å². The number of rotatable bonds is 9. The van der Waals surface area contributed by atoms with E-state index in [9.17, 15) is 19.8 Å². The van der Waals surface area contributed by atoms with Gasteiger partial charge in [0.15, 0.2) is 0 Å². The zero-order chi connectivity index (χ0) is 15.1. The molecule has 0 aliphatic heterocycles. The molecule has 0 atom stereocenters. The number of carbonyl (C=O) groups is 2. The Morgan fingerprint density at radius 3 is 1.57 bits per heavy atom. The summed E-state index contributed by atoms with van der Waals surface area (Å²) in [6, 6.07) is 0. The summed E-state index contributed by atoms with van der Waals surface area (Å²) in [5, 5.41) is 22.7. The molecule has 0 radical (unpaired) electrons. The van der Waals surface area contributed by atoms with Crippen LogP contribution < -0.4 is 91.2 Å². The maximum Gasteiger partial charge on any atom is 1.00 e. The molecular weight excluding hydrogens is 306 g/mol. The van der Waals surface area contributed by atoms with Gasteiger partial charge in [-0.2, -0.15) is 0 Å². The zero-order valence-corrected chi connectivity index (χ0v) is 19.7. The summed E-state index contributed by atoms with van der Waals surface area (Å²) in [5.74, 6) is -3.07. The van der Waals surface area contributed by atoms with Crippen LogP contribution in [0.15, 0.2) is 0 Å². The Morgan fingerprint density at radius 1 is 0.857 bits per heavy atom. The fourth-order valence-corrected chi connectivity index (χ4v) is 2.45.